The van der Waals surface area contributed by atoms with Gasteiger partial charge in [0.1, 0.15) is 12.2 Å². The average Bonchev–Trinajstić information content (AvgIpc) is 2.84. The Hall–Kier alpha value is -1.20. The lowest BCUT2D eigenvalue weighted by Gasteiger charge is -2.19. The fourth-order valence-corrected chi connectivity index (χ4v) is 2.58. The van der Waals surface area contributed by atoms with Gasteiger partial charge in [-0.05, 0) is 30.2 Å². The van der Waals surface area contributed by atoms with Crippen LogP contribution in [0.3, 0.4) is 0 Å². The van der Waals surface area contributed by atoms with E-state index in [0.29, 0.717) is 11.8 Å². The molecule has 0 bridgehead atoms. The third kappa shape index (κ3) is 4.93. The molecule has 0 aliphatic heterocycles. The van der Waals surface area contributed by atoms with Crippen molar-refractivity contribution in [2.24, 2.45) is 13.0 Å². The molecule has 5 heteroatoms. The number of aryl methyl sites for hydroxylation is 1. The maximum absolute atomic E-state index is 4.36. The molecule has 0 radical (unpaired) electrons. The van der Waals surface area contributed by atoms with Crippen LogP contribution < -0.4 is 5.32 Å². The zero-order valence-corrected chi connectivity index (χ0v) is 14.5. The van der Waals surface area contributed by atoms with E-state index < -0.39 is 0 Å². The lowest BCUT2D eigenvalue weighted by atomic mass is 9.95. The molecule has 1 unspecified atom stereocenters. The average molecular weight is 351 g/mol. The number of halogens is 1. The van der Waals surface area contributed by atoms with Crippen LogP contribution in [0.1, 0.15) is 31.2 Å². The molecule has 0 amide bonds. The standard InChI is InChI=1S/C16H23BrN4/c1-12(2)9-18-10-14(8-16-19-11-20-21(16)3)13-4-6-15(17)7-5-13/h4-7,11-12,14,18H,8-10H2,1-3H3. The molecular weight excluding hydrogens is 328 g/mol. The van der Waals surface area contributed by atoms with Crippen molar-refractivity contribution >= 4 is 15.9 Å². The fourth-order valence-electron chi connectivity index (χ4n) is 2.31. The van der Waals surface area contributed by atoms with Crippen LogP contribution in [0.2, 0.25) is 0 Å². The topological polar surface area (TPSA) is 42.7 Å². The molecule has 1 atom stereocenters. The number of nitrogens with zero attached hydrogens (tertiary/aromatic N) is 3. The molecule has 21 heavy (non-hydrogen) atoms. The van der Waals surface area contributed by atoms with Gasteiger partial charge >= 0.3 is 0 Å². The maximum Gasteiger partial charge on any atom is 0.138 e. The van der Waals surface area contributed by atoms with Crippen molar-refractivity contribution in [2.75, 3.05) is 13.1 Å². The summed E-state index contributed by atoms with van der Waals surface area (Å²) >= 11 is 3.50. The zero-order chi connectivity index (χ0) is 15.2. The summed E-state index contributed by atoms with van der Waals surface area (Å²) in [6.07, 6.45) is 2.51. The van der Waals surface area contributed by atoms with Crippen LogP contribution in [-0.4, -0.2) is 27.9 Å². The Bertz CT molecular complexity index is 548. The van der Waals surface area contributed by atoms with Crippen molar-refractivity contribution in [1.29, 1.82) is 0 Å². The van der Waals surface area contributed by atoms with Gasteiger partial charge in [0.15, 0.2) is 0 Å². The molecule has 0 aliphatic carbocycles. The van der Waals surface area contributed by atoms with Crippen molar-refractivity contribution in [1.82, 2.24) is 20.1 Å². The van der Waals surface area contributed by atoms with Crippen molar-refractivity contribution in [3.63, 3.8) is 0 Å². The molecule has 1 aromatic carbocycles. The molecule has 0 aliphatic rings. The minimum absolute atomic E-state index is 0.403. The highest BCUT2D eigenvalue weighted by Crippen LogP contribution is 2.21. The molecule has 114 valence electrons. The first kappa shape index (κ1) is 16.2. The van der Waals surface area contributed by atoms with Gasteiger partial charge in [0.2, 0.25) is 0 Å². The monoisotopic (exact) mass is 350 g/mol. The van der Waals surface area contributed by atoms with E-state index >= 15 is 0 Å². The normalized spacial score (nSPS) is 12.8. The summed E-state index contributed by atoms with van der Waals surface area (Å²) in [6.45, 7) is 6.44. The summed E-state index contributed by atoms with van der Waals surface area (Å²) in [5.74, 6) is 2.08. The van der Waals surface area contributed by atoms with Gasteiger partial charge in [-0.2, -0.15) is 5.10 Å². The highest BCUT2D eigenvalue weighted by Gasteiger charge is 2.15. The molecule has 2 rings (SSSR count). The van der Waals surface area contributed by atoms with Crippen LogP contribution in [-0.2, 0) is 13.5 Å². The van der Waals surface area contributed by atoms with Gasteiger partial charge in [-0.1, -0.05) is 41.9 Å². The van der Waals surface area contributed by atoms with Crippen molar-refractivity contribution < 1.29 is 0 Å². The van der Waals surface area contributed by atoms with E-state index in [1.165, 1.54) is 5.56 Å². The molecule has 1 aromatic heterocycles. The first-order valence-corrected chi connectivity index (χ1v) is 8.14. The minimum Gasteiger partial charge on any atom is -0.316 e. The van der Waals surface area contributed by atoms with E-state index in [1.54, 1.807) is 6.33 Å². The van der Waals surface area contributed by atoms with Gasteiger partial charge in [-0.3, -0.25) is 4.68 Å². The Labute approximate surface area is 135 Å². The summed E-state index contributed by atoms with van der Waals surface area (Å²) in [7, 11) is 1.95. The van der Waals surface area contributed by atoms with Gasteiger partial charge in [0.05, 0.1) is 0 Å². The van der Waals surface area contributed by atoms with E-state index in [1.807, 2.05) is 11.7 Å². The molecule has 0 spiro atoms. The first-order valence-electron chi connectivity index (χ1n) is 7.35. The quantitative estimate of drug-likeness (QED) is 0.833. The summed E-state index contributed by atoms with van der Waals surface area (Å²) in [5.41, 5.74) is 1.33. The number of nitrogens with one attached hydrogen (secondary N) is 1. The molecule has 2 aromatic rings. The number of aromatic nitrogens is 3. The summed E-state index contributed by atoms with van der Waals surface area (Å²) in [6, 6.07) is 8.56. The van der Waals surface area contributed by atoms with Gasteiger partial charge in [-0.25, -0.2) is 4.98 Å². The van der Waals surface area contributed by atoms with Crippen molar-refractivity contribution in [3.8, 4) is 0 Å². The zero-order valence-electron chi connectivity index (χ0n) is 12.9. The van der Waals surface area contributed by atoms with Crippen molar-refractivity contribution in [3.05, 3.63) is 46.5 Å². The van der Waals surface area contributed by atoms with E-state index in [9.17, 15) is 0 Å². The molecular formula is C16H23BrN4. The predicted octanol–water partition coefficient (Wildman–Crippen LogP) is 3.15. The Balaban J connectivity index is 2.09. The molecule has 0 saturated heterocycles. The number of hydrogen-bond donors (Lipinski definition) is 1. The number of hydrogen-bond acceptors (Lipinski definition) is 3. The highest BCUT2D eigenvalue weighted by atomic mass is 79.9. The lowest BCUT2D eigenvalue weighted by molar-refractivity contribution is 0.504. The van der Waals surface area contributed by atoms with Crippen LogP contribution in [0.25, 0.3) is 0 Å². The van der Waals surface area contributed by atoms with Gasteiger partial charge in [-0.15, -0.1) is 0 Å². The second-order valence-electron chi connectivity index (χ2n) is 5.80. The smallest absolute Gasteiger partial charge is 0.138 e. The first-order chi connectivity index (χ1) is 10.1. The third-order valence-electron chi connectivity index (χ3n) is 3.52. The second-order valence-corrected chi connectivity index (χ2v) is 6.72. The summed E-state index contributed by atoms with van der Waals surface area (Å²) in [4.78, 5) is 4.36. The Morgan fingerprint density at radius 2 is 1.90 bits per heavy atom. The SMILES string of the molecule is CC(C)CNCC(Cc1ncnn1C)c1ccc(Br)cc1. The largest absolute Gasteiger partial charge is 0.316 e. The number of rotatable bonds is 7. The van der Waals surface area contributed by atoms with E-state index in [2.05, 4.69) is 69.4 Å². The van der Waals surface area contributed by atoms with Crippen LogP contribution in [0.4, 0.5) is 0 Å². The highest BCUT2D eigenvalue weighted by molar-refractivity contribution is 9.10. The second kappa shape index (κ2) is 7.71. The van der Waals surface area contributed by atoms with Gasteiger partial charge < -0.3 is 5.32 Å². The summed E-state index contributed by atoms with van der Waals surface area (Å²) in [5, 5.41) is 7.72. The van der Waals surface area contributed by atoms with Gasteiger partial charge in [0, 0.05) is 30.4 Å². The maximum atomic E-state index is 4.36. The van der Waals surface area contributed by atoms with E-state index in [0.717, 1.165) is 29.8 Å². The lowest BCUT2D eigenvalue weighted by Crippen LogP contribution is -2.27. The van der Waals surface area contributed by atoms with Crippen LogP contribution >= 0.6 is 15.9 Å². The van der Waals surface area contributed by atoms with E-state index in [4.69, 9.17) is 0 Å². The number of benzene rings is 1. The van der Waals surface area contributed by atoms with Crippen LogP contribution in [0, 0.1) is 5.92 Å². The third-order valence-corrected chi connectivity index (χ3v) is 4.05. The van der Waals surface area contributed by atoms with Gasteiger partial charge in [0.25, 0.3) is 0 Å². The van der Waals surface area contributed by atoms with Crippen LogP contribution in [0.15, 0.2) is 35.1 Å². The Kier molecular flexibility index (Phi) is 5.94. The molecule has 1 N–H and O–H groups in total. The molecule has 0 fully saturated rings. The van der Waals surface area contributed by atoms with Crippen molar-refractivity contribution in [2.45, 2.75) is 26.2 Å². The van der Waals surface area contributed by atoms with Crippen LogP contribution in [0.5, 0.6) is 0 Å². The fraction of sp³-hybridized carbons (Fsp3) is 0.500. The Morgan fingerprint density at radius 3 is 2.48 bits per heavy atom. The molecule has 1 heterocycles. The predicted molar refractivity (Wildman–Crippen MR) is 89.3 cm³/mol. The molecule has 4 nitrogen and oxygen atoms in total. The van der Waals surface area contributed by atoms with E-state index in [-0.39, 0.29) is 0 Å². The summed E-state index contributed by atoms with van der Waals surface area (Å²) < 4.78 is 2.97. The Morgan fingerprint density at radius 1 is 1.19 bits per heavy atom. The molecule has 0 saturated carbocycles. The minimum atomic E-state index is 0.403.